The summed E-state index contributed by atoms with van der Waals surface area (Å²) in [6, 6.07) is 16.1. The Balaban J connectivity index is 1.46. The lowest BCUT2D eigenvalue weighted by Crippen LogP contribution is -2.53. The summed E-state index contributed by atoms with van der Waals surface area (Å²) in [5.41, 5.74) is 1.03. The number of hydrogen-bond donors (Lipinski definition) is 1. The zero-order valence-corrected chi connectivity index (χ0v) is 20.0. The third-order valence-corrected chi connectivity index (χ3v) is 8.93. The molecule has 2 saturated carbocycles. The highest BCUT2D eigenvalue weighted by Crippen LogP contribution is 2.62. The molecule has 1 amide bonds. The Morgan fingerprint density at radius 3 is 2.53 bits per heavy atom. The average molecular weight is 447 g/mol. The summed E-state index contributed by atoms with van der Waals surface area (Å²) in [5.74, 6) is 0.389. The van der Waals surface area contributed by atoms with E-state index in [0.717, 1.165) is 28.1 Å². The molecular formula is C27H30N2O2S. The lowest BCUT2D eigenvalue weighted by Gasteiger charge is -2.43. The second-order valence-corrected chi connectivity index (χ2v) is 11.5. The van der Waals surface area contributed by atoms with E-state index in [2.05, 4.69) is 38.2 Å². The normalized spacial score (nSPS) is 25.9. The lowest BCUT2D eigenvalue weighted by atomic mass is 9.68. The van der Waals surface area contributed by atoms with Crippen molar-refractivity contribution < 1.29 is 4.79 Å². The van der Waals surface area contributed by atoms with Crippen molar-refractivity contribution in [3.63, 3.8) is 0 Å². The van der Waals surface area contributed by atoms with E-state index in [-0.39, 0.29) is 33.8 Å². The molecule has 1 aromatic heterocycles. The van der Waals surface area contributed by atoms with Gasteiger partial charge in [0.2, 0.25) is 5.43 Å². The molecule has 2 aromatic carbocycles. The van der Waals surface area contributed by atoms with Gasteiger partial charge in [0, 0.05) is 34.5 Å². The molecule has 4 nitrogen and oxygen atoms in total. The summed E-state index contributed by atoms with van der Waals surface area (Å²) in [6.45, 7) is 6.81. The standard InChI is InChI=1S/C27H30N2O2S/c1-26(2)17-12-13-27(3,15-17)25(26)28-24(31)21-16-29(4)22-14-19(10-11-20(22)23(21)30)32-18-8-6-5-7-9-18/h5-11,14,16-17,25H,12-13,15H2,1-4H3,(H,28,31)/t17?,25-,27-/m1/s1. The van der Waals surface area contributed by atoms with Crippen molar-refractivity contribution in [1.29, 1.82) is 0 Å². The second-order valence-electron chi connectivity index (χ2n) is 10.4. The quantitative estimate of drug-likeness (QED) is 0.565. The summed E-state index contributed by atoms with van der Waals surface area (Å²) in [7, 11) is 1.90. The van der Waals surface area contributed by atoms with Crippen molar-refractivity contribution in [1.82, 2.24) is 9.88 Å². The zero-order chi connectivity index (χ0) is 22.7. The molecule has 1 unspecified atom stereocenters. The van der Waals surface area contributed by atoms with Crippen molar-refractivity contribution in [2.24, 2.45) is 23.8 Å². The SMILES string of the molecule is Cn1cc(C(=O)N[C@@H]2C(C)(C)C3CC[C@]2(C)C3)c(=O)c2ccc(Sc3ccccc3)cc21. The number of fused-ring (bicyclic) bond motifs is 3. The number of pyridine rings is 1. The van der Waals surface area contributed by atoms with E-state index in [0.29, 0.717) is 11.3 Å². The van der Waals surface area contributed by atoms with Gasteiger partial charge in [-0.25, -0.2) is 0 Å². The largest absolute Gasteiger partial charge is 0.349 e. The van der Waals surface area contributed by atoms with Gasteiger partial charge in [-0.15, -0.1) is 0 Å². The predicted molar refractivity (Wildman–Crippen MR) is 130 cm³/mol. The molecule has 2 bridgehead atoms. The molecular weight excluding hydrogens is 416 g/mol. The molecule has 0 radical (unpaired) electrons. The van der Waals surface area contributed by atoms with Crippen LogP contribution in [0, 0.1) is 16.7 Å². The van der Waals surface area contributed by atoms with E-state index < -0.39 is 0 Å². The van der Waals surface area contributed by atoms with Crippen LogP contribution < -0.4 is 10.7 Å². The number of aromatic nitrogens is 1. The lowest BCUT2D eigenvalue weighted by molar-refractivity contribution is 0.0736. The topological polar surface area (TPSA) is 51.1 Å². The maximum Gasteiger partial charge on any atom is 0.257 e. The molecule has 3 aromatic rings. The van der Waals surface area contributed by atoms with Crippen LogP contribution in [-0.2, 0) is 7.05 Å². The third-order valence-electron chi connectivity index (χ3n) is 7.93. The number of hydrogen-bond acceptors (Lipinski definition) is 3. The molecule has 1 heterocycles. The Bertz CT molecular complexity index is 1260. The molecule has 2 fully saturated rings. The first kappa shape index (κ1) is 21.3. The Kier molecular flexibility index (Phi) is 5.01. The van der Waals surface area contributed by atoms with Crippen LogP contribution in [0.3, 0.4) is 0 Å². The van der Waals surface area contributed by atoms with E-state index in [9.17, 15) is 9.59 Å². The number of aryl methyl sites for hydroxylation is 1. The maximum absolute atomic E-state index is 13.3. The average Bonchev–Trinajstić information content (AvgIpc) is 3.25. The van der Waals surface area contributed by atoms with Gasteiger partial charge in [0.15, 0.2) is 0 Å². The van der Waals surface area contributed by atoms with Gasteiger partial charge in [-0.3, -0.25) is 9.59 Å². The maximum atomic E-state index is 13.3. The minimum atomic E-state index is -0.248. The van der Waals surface area contributed by atoms with Gasteiger partial charge in [0.05, 0.1) is 5.52 Å². The number of carbonyl (C=O) groups excluding carboxylic acids is 1. The first-order chi connectivity index (χ1) is 15.2. The molecule has 32 heavy (non-hydrogen) atoms. The van der Waals surface area contributed by atoms with Crippen LogP contribution in [0.1, 0.15) is 50.4 Å². The number of nitrogens with zero attached hydrogens (tertiary/aromatic N) is 1. The summed E-state index contributed by atoms with van der Waals surface area (Å²) in [6.07, 6.45) is 5.22. The minimum Gasteiger partial charge on any atom is -0.349 e. The Morgan fingerprint density at radius 2 is 1.84 bits per heavy atom. The van der Waals surface area contributed by atoms with Gasteiger partial charge < -0.3 is 9.88 Å². The molecule has 2 aliphatic rings. The van der Waals surface area contributed by atoms with Gasteiger partial charge in [0.1, 0.15) is 5.56 Å². The van der Waals surface area contributed by atoms with E-state index in [1.165, 1.54) is 6.42 Å². The van der Waals surface area contributed by atoms with Gasteiger partial charge in [-0.2, -0.15) is 0 Å². The van der Waals surface area contributed by atoms with Crippen LogP contribution >= 0.6 is 11.8 Å². The van der Waals surface area contributed by atoms with Crippen LogP contribution in [0.4, 0.5) is 0 Å². The fourth-order valence-electron chi connectivity index (χ4n) is 6.18. The Morgan fingerprint density at radius 1 is 1.09 bits per heavy atom. The van der Waals surface area contributed by atoms with Gasteiger partial charge in [-0.05, 0) is 66.3 Å². The fraction of sp³-hybridized carbons (Fsp3) is 0.407. The number of rotatable bonds is 4. The molecule has 1 N–H and O–H groups in total. The molecule has 166 valence electrons. The number of amides is 1. The highest BCUT2D eigenvalue weighted by Gasteiger charge is 2.59. The third kappa shape index (κ3) is 3.38. The molecule has 5 heteroatoms. The van der Waals surface area contributed by atoms with E-state index >= 15 is 0 Å². The number of nitrogens with one attached hydrogen (secondary N) is 1. The highest BCUT2D eigenvalue weighted by molar-refractivity contribution is 7.99. The predicted octanol–water partition coefficient (Wildman–Crippen LogP) is 5.63. The first-order valence-corrected chi connectivity index (χ1v) is 12.2. The first-order valence-electron chi connectivity index (χ1n) is 11.4. The molecule has 5 rings (SSSR count). The summed E-state index contributed by atoms with van der Waals surface area (Å²) in [5, 5.41) is 3.86. The van der Waals surface area contributed by atoms with Crippen LogP contribution in [0.15, 0.2) is 69.3 Å². The van der Waals surface area contributed by atoms with Gasteiger partial charge in [-0.1, -0.05) is 50.7 Å². The Hall–Kier alpha value is -2.53. The molecule has 2 aliphatic carbocycles. The minimum absolute atomic E-state index is 0.0499. The molecule has 0 aliphatic heterocycles. The summed E-state index contributed by atoms with van der Waals surface area (Å²) < 4.78 is 1.90. The van der Waals surface area contributed by atoms with Crippen molar-refractivity contribution in [3.8, 4) is 0 Å². The van der Waals surface area contributed by atoms with Crippen LogP contribution in [0.5, 0.6) is 0 Å². The Labute approximate surface area is 193 Å². The molecule has 0 spiro atoms. The second kappa shape index (κ2) is 7.51. The molecule has 3 atom stereocenters. The summed E-state index contributed by atoms with van der Waals surface area (Å²) in [4.78, 5) is 28.8. The summed E-state index contributed by atoms with van der Waals surface area (Å²) >= 11 is 1.66. The highest BCUT2D eigenvalue weighted by atomic mass is 32.2. The van der Waals surface area contributed by atoms with Crippen molar-refractivity contribution in [2.45, 2.75) is 55.9 Å². The number of benzene rings is 2. The smallest absolute Gasteiger partial charge is 0.257 e. The van der Waals surface area contributed by atoms with Crippen molar-refractivity contribution >= 4 is 28.6 Å². The van der Waals surface area contributed by atoms with E-state index in [4.69, 9.17) is 0 Å². The van der Waals surface area contributed by atoms with Crippen LogP contribution in [0.25, 0.3) is 10.9 Å². The van der Waals surface area contributed by atoms with Gasteiger partial charge >= 0.3 is 0 Å². The van der Waals surface area contributed by atoms with E-state index in [1.807, 2.05) is 48.0 Å². The van der Waals surface area contributed by atoms with Crippen LogP contribution in [0.2, 0.25) is 0 Å². The van der Waals surface area contributed by atoms with E-state index in [1.54, 1.807) is 18.0 Å². The monoisotopic (exact) mass is 446 g/mol. The zero-order valence-electron chi connectivity index (χ0n) is 19.1. The van der Waals surface area contributed by atoms with Crippen molar-refractivity contribution in [2.75, 3.05) is 0 Å². The van der Waals surface area contributed by atoms with Crippen LogP contribution in [-0.4, -0.2) is 16.5 Å². The van der Waals surface area contributed by atoms with Gasteiger partial charge in [0.25, 0.3) is 5.91 Å². The number of carbonyl (C=O) groups is 1. The van der Waals surface area contributed by atoms with Crippen molar-refractivity contribution in [3.05, 3.63) is 70.5 Å². The molecule has 0 saturated heterocycles. The fourth-order valence-corrected chi connectivity index (χ4v) is 7.06.